The number of aliphatic imine (C=N–C) groups is 1. The molecule has 0 amide bonds. The summed E-state index contributed by atoms with van der Waals surface area (Å²) in [6.07, 6.45) is 3.38. The van der Waals surface area contributed by atoms with E-state index in [0.29, 0.717) is 6.54 Å². The largest absolute Gasteiger partial charge is 0.463 e. The van der Waals surface area contributed by atoms with Crippen molar-refractivity contribution < 1.29 is 4.42 Å². The lowest BCUT2D eigenvalue weighted by Crippen LogP contribution is -1.82. The maximum atomic E-state index is 5.13. The van der Waals surface area contributed by atoms with E-state index in [1.165, 1.54) is 5.56 Å². The van der Waals surface area contributed by atoms with E-state index >= 15 is 0 Å². The fraction of sp³-hybridized carbons (Fsp3) is 0.0833. The Morgan fingerprint density at radius 3 is 2.67 bits per heavy atom. The molecule has 0 aliphatic rings. The second-order valence-electron chi connectivity index (χ2n) is 3.11. The molecule has 2 rings (SSSR count). The highest BCUT2D eigenvalue weighted by Crippen LogP contribution is 2.11. The summed E-state index contributed by atoms with van der Waals surface area (Å²) >= 11 is 3.39. The number of nitrogens with zero attached hydrogens (tertiary/aromatic N) is 1. The lowest BCUT2D eigenvalue weighted by Gasteiger charge is -1.95. The van der Waals surface area contributed by atoms with Gasteiger partial charge < -0.3 is 4.42 Å². The molecule has 2 nitrogen and oxygen atoms in total. The Morgan fingerprint density at radius 1 is 1.20 bits per heavy atom. The molecule has 0 N–H and O–H groups in total. The summed E-state index contributed by atoms with van der Waals surface area (Å²) in [4.78, 5) is 4.28. The van der Waals surface area contributed by atoms with Crippen LogP contribution in [-0.4, -0.2) is 6.21 Å². The van der Waals surface area contributed by atoms with Gasteiger partial charge in [-0.2, -0.15) is 0 Å². The average Bonchev–Trinajstić information content (AvgIpc) is 2.74. The molecule has 0 aliphatic heterocycles. The molecular weight excluding hydrogens is 254 g/mol. The molecule has 15 heavy (non-hydrogen) atoms. The summed E-state index contributed by atoms with van der Waals surface area (Å²) < 4.78 is 6.22. The molecule has 0 aliphatic carbocycles. The van der Waals surface area contributed by atoms with Gasteiger partial charge in [0.05, 0.1) is 19.0 Å². The van der Waals surface area contributed by atoms with Crippen LogP contribution in [0.5, 0.6) is 0 Å². The quantitative estimate of drug-likeness (QED) is 0.776. The molecule has 0 unspecified atom stereocenters. The second-order valence-corrected chi connectivity index (χ2v) is 4.03. The highest BCUT2D eigenvalue weighted by molar-refractivity contribution is 9.10. The molecule has 76 valence electrons. The number of benzene rings is 1. The van der Waals surface area contributed by atoms with Crippen LogP contribution in [0.3, 0.4) is 0 Å². The normalized spacial score (nSPS) is 11.0. The van der Waals surface area contributed by atoms with E-state index in [2.05, 4.69) is 20.9 Å². The van der Waals surface area contributed by atoms with Crippen LogP contribution >= 0.6 is 15.9 Å². The van der Waals surface area contributed by atoms with Gasteiger partial charge >= 0.3 is 0 Å². The molecule has 0 atom stereocenters. The first-order valence-corrected chi connectivity index (χ1v) is 5.42. The Labute approximate surface area is 96.8 Å². The summed E-state index contributed by atoms with van der Waals surface area (Å²) in [5, 5.41) is 0. The predicted octanol–water partition coefficient (Wildman–Crippen LogP) is 3.66. The van der Waals surface area contributed by atoms with E-state index in [9.17, 15) is 0 Å². The summed E-state index contributed by atoms with van der Waals surface area (Å²) in [7, 11) is 0. The minimum atomic E-state index is 0.675. The molecule has 1 aromatic heterocycles. The SMILES string of the molecule is Brc1ccc(CN=Cc2ccco2)cc1. The first-order chi connectivity index (χ1) is 7.34. The first kappa shape index (κ1) is 10.2. The van der Waals surface area contributed by atoms with Crippen molar-refractivity contribution >= 4 is 22.1 Å². The number of hydrogen-bond donors (Lipinski definition) is 0. The first-order valence-electron chi connectivity index (χ1n) is 4.62. The van der Waals surface area contributed by atoms with Crippen LogP contribution in [0.25, 0.3) is 0 Å². The second kappa shape index (κ2) is 4.94. The maximum Gasteiger partial charge on any atom is 0.144 e. The average molecular weight is 264 g/mol. The zero-order valence-electron chi connectivity index (χ0n) is 8.06. The van der Waals surface area contributed by atoms with E-state index in [1.807, 2.05) is 36.4 Å². The highest BCUT2D eigenvalue weighted by atomic mass is 79.9. The van der Waals surface area contributed by atoms with Crippen molar-refractivity contribution in [2.24, 2.45) is 4.99 Å². The summed E-state index contributed by atoms with van der Waals surface area (Å²) in [5.74, 6) is 0.784. The Morgan fingerprint density at radius 2 is 2.00 bits per heavy atom. The summed E-state index contributed by atoms with van der Waals surface area (Å²) in [5.41, 5.74) is 1.18. The van der Waals surface area contributed by atoms with Crippen LogP contribution in [0.15, 0.2) is 56.5 Å². The smallest absolute Gasteiger partial charge is 0.144 e. The molecule has 0 saturated carbocycles. The van der Waals surface area contributed by atoms with Gasteiger partial charge in [-0.3, -0.25) is 4.99 Å². The molecular formula is C12H10BrNO. The predicted molar refractivity (Wildman–Crippen MR) is 64.1 cm³/mol. The van der Waals surface area contributed by atoms with Crippen molar-refractivity contribution in [2.45, 2.75) is 6.54 Å². The standard InChI is InChI=1S/C12H10BrNO/c13-11-5-3-10(4-6-11)8-14-9-12-2-1-7-15-12/h1-7,9H,8H2. The molecule has 0 fully saturated rings. The van der Waals surface area contributed by atoms with Crippen molar-refractivity contribution in [3.63, 3.8) is 0 Å². The van der Waals surface area contributed by atoms with Crippen LogP contribution in [-0.2, 0) is 6.54 Å². The van der Waals surface area contributed by atoms with Crippen LogP contribution < -0.4 is 0 Å². The number of rotatable bonds is 3. The minimum Gasteiger partial charge on any atom is -0.463 e. The van der Waals surface area contributed by atoms with Gasteiger partial charge in [0.1, 0.15) is 5.76 Å². The molecule has 1 aromatic carbocycles. The van der Waals surface area contributed by atoms with Crippen molar-refractivity contribution in [1.82, 2.24) is 0 Å². The zero-order chi connectivity index (χ0) is 10.5. The van der Waals surface area contributed by atoms with Gasteiger partial charge in [0.25, 0.3) is 0 Å². The van der Waals surface area contributed by atoms with E-state index in [-0.39, 0.29) is 0 Å². The van der Waals surface area contributed by atoms with Gasteiger partial charge in [0, 0.05) is 4.47 Å². The fourth-order valence-electron chi connectivity index (χ4n) is 1.20. The van der Waals surface area contributed by atoms with Gasteiger partial charge in [-0.05, 0) is 29.8 Å². The molecule has 1 heterocycles. The van der Waals surface area contributed by atoms with Crippen molar-refractivity contribution in [2.75, 3.05) is 0 Å². The van der Waals surface area contributed by atoms with Crippen molar-refractivity contribution in [1.29, 1.82) is 0 Å². The molecule has 2 aromatic rings. The molecule has 0 radical (unpaired) electrons. The minimum absolute atomic E-state index is 0.675. The Balaban J connectivity index is 1.96. The number of hydrogen-bond acceptors (Lipinski definition) is 2. The maximum absolute atomic E-state index is 5.13. The molecule has 3 heteroatoms. The van der Waals surface area contributed by atoms with Gasteiger partial charge in [-0.25, -0.2) is 0 Å². The molecule has 0 bridgehead atoms. The lowest BCUT2D eigenvalue weighted by atomic mass is 10.2. The monoisotopic (exact) mass is 263 g/mol. The Kier molecular flexibility index (Phi) is 3.35. The van der Waals surface area contributed by atoms with Gasteiger partial charge in [-0.1, -0.05) is 28.1 Å². The van der Waals surface area contributed by atoms with Crippen LogP contribution in [0.1, 0.15) is 11.3 Å². The van der Waals surface area contributed by atoms with E-state index in [4.69, 9.17) is 4.42 Å². The highest BCUT2D eigenvalue weighted by Gasteiger charge is 1.91. The number of halogens is 1. The number of furan rings is 1. The van der Waals surface area contributed by atoms with Crippen LogP contribution in [0, 0.1) is 0 Å². The van der Waals surface area contributed by atoms with Crippen molar-refractivity contribution in [3.05, 3.63) is 58.5 Å². The Bertz CT molecular complexity index is 431. The van der Waals surface area contributed by atoms with Crippen LogP contribution in [0.2, 0.25) is 0 Å². The molecule has 0 saturated heterocycles. The third-order valence-electron chi connectivity index (χ3n) is 1.95. The summed E-state index contributed by atoms with van der Waals surface area (Å²) in [6, 6.07) is 11.8. The zero-order valence-corrected chi connectivity index (χ0v) is 9.65. The third kappa shape index (κ3) is 3.06. The van der Waals surface area contributed by atoms with E-state index in [1.54, 1.807) is 12.5 Å². The summed E-state index contributed by atoms with van der Waals surface area (Å²) in [6.45, 7) is 0.675. The van der Waals surface area contributed by atoms with E-state index < -0.39 is 0 Å². The van der Waals surface area contributed by atoms with Gasteiger partial charge in [-0.15, -0.1) is 0 Å². The fourth-order valence-corrected chi connectivity index (χ4v) is 1.46. The van der Waals surface area contributed by atoms with Crippen LogP contribution in [0.4, 0.5) is 0 Å². The van der Waals surface area contributed by atoms with Gasteiger partial charge in [0.2, 0.25) is 0 Å². The Hall–Kier alpha value is -1.35. The van der Waals surface area contributed by atoms with E-state index in [0.717, 1.165) is 10.2 Å². The molecule has 0 spiro atoms. The lowest BCUT2D eigenvalue weighted by molar-refractivity contribution is 0.560. The van der Waals surface area contributed by atoms with Gasteiger partial charge in [0.15, 0.2) is 0 Å². The topological polar surface area (TPSA) is 25.5 Å². The third-order valence-corrected chi connectivity index (χ3v) is 2.48. The van der Waals surface area contributed by atoms with Crippen molar-refractivity contribution in [3.8, 4) is 0 Å².